The summed E-state index contributed by atoms with van der Waals surface area (Å²) in [7, 11) is 0. The molecule has 186 valence electrons. The van der Waals surface area contributed by atoms with Crippen molar-refractivity contribution in [2.75, 3.05) is 5.32 Å². The van der Waals surface area contributed by atoms with E-state index in [4.69, 9.17) is 10.5 Å². The van der Waals surface area contributed by atoms with Crippen LogP contribution in [0.2, 0.25) is 0 Å². The first kappa shape index (κ1) is 25.1. The maximum Gasteiger partial charge on any atom is 0.280 e. The number of halogens is 1. The standard InChI is InChI=1S/C26H25FN4O4S/c1-15(24(33)31-29-14-17-6-2-4-8-20(17)27)35-18-12-10-16(11-13-18)25(34)30-26-22(23(28)32)19-7-3-5-9-21(19)36-26/h2,4,6,8,10-15H,3,5,7,9H2,1H3,(H2,28,32)(H,30,34)(H,31,33)/b29-14-/t15-/m0/s1. The fourth-order valence-corrected chi connectivity index (χ4v) is 5.16. The molecule has 2 aromatic carbocycles. The van der Waals surface area contributed by atoms with Crippen molar-refractivity contribution in [3.63, 3.8) is 0 Å². The Morgan fingerprint density at radius 2 is 1.83 bits per heavy atom. The van der Waals surface area contributed by atoms with Crippen LogP contribution in [0.1, 0.15) is 56.5 Å². The minimum Gasteiger partial charge on any atom is -0.481 e. The third kappa shape index (κ3) is 5.77. The lowest BCUT2D eigenvalue weighted by Crippen LogP contribution is -2.33. The van der Waals surface area contributed by atoms with Crippen LogP contribution in [0.15, 0.2) is 53.6 Å². The van der Waals surface area contributed by atoms with Crippen LogP contribution in [-0.2, 0) is 17.6 Å². The van der Waals surface area contributed by atoms with E-state index in [1.54, 1.807) is 43.3 Å². The van der Waals surface area contributed by atoms with Crippen molar-refractivity contribution in [1.29, 1.82) is 0 Å². The van der Waals surface area contributed by atoms with Crippen molar-refractivity contribution in [3.8, 4) is 5.75 Å². The Balaban J connectivity index is 1.35. The summed E-state index contributed by atoms with van der Waals surface area (Å²) in [6.45, 7) is 1.54. The number of hydrazone groups is 1. The smallest absolute Gasteiger partial charge is 0.280 e. The topological polar surface area (TPSA) is 123 Å². The van der Waals surface area contributed by atoms with Gasteiger partial charge in [-0.1, -0.05) is 18.2 Å². The van der Waals surface area contributed by atoms with Gasteiger partial charge in [0, 0.05) is 16.0 Å². The lowest BCUT2D eigenvalue weighted by atomic mass is 9.95. The van der Waals surface area contributed by atoms with E-state index in [1.165, 1.54) is 29.7 Å². The van der Waals surface area contributed by atoms with Crippen LogP contribution in [0, 0.1) is 5.82 Å². The van der Waals surface area contributed by atoms with E-state index in [9.17, 15) is 18.8 Å². The monoisotopic (exact) mass is 508 g/mol. The van der Waals surface area contributed by atoms with Crippen LogP contribution in [0.3, 0.4) is 0 Å². The third-order valence-corrected chi connectivity index (χ3v) is 6.93. The van der Waals surface area contributed by atoms with Gasteiger partial charge in [-0.15, -0.1) is 11.3 Å². The number of anilines is 1. The number of hydrogen-bond donors (Lipinski definition) is 3. The Kier molecular flexibility index (Phi) is 7.74. The fraction of sp³-hybridized carbons (Fsp3) is 0.231. The van der Waals surface area contributed by atoms with Crippen molar-refractivity contribution in [2.24, 2.45) is 10.8 Å². The maximum absolute atomic E-state index is 13.6. The van der Waals surface area contributed by atoms with E-state index in [-0.39, 0.29) is 11.5 Å². The van der Waals surface area contributed by atoms with Crippen LogP contribution < -0.4 is 21.2 Å². The van der Waals surface area contributed by atoms with Crippen LogP contribution in [0.5, 0.6) is 5.75 Å². The maximum atomic E-state index is 13.6. The zero-order valence-corrected chi connectivity index (χ0v) is 20.4. The Hall–Kier alpha value is -4.05. The fourth-order valence-electron chi connectivity index (χ4n) is 3.87. The minimum absolute atomic E-state index is 0.242. The summed E-state index contributed by atoms with van der Waals surface area (Å²) in [5, 5.41) is 7.05. The van der Waals surface area contributed by atoms with Gasteiger partial charge in [-0.2, -0.15) is 5.10 Å². The molecule has 3 aromatic rings. The van der Waals surface area contributed by atoms with E-state index in [0.29, 0.717) is 21.9 Å². The Bertz CT molecular complexity index is 1320. The van der Waals surface area contributed by atoms with Crippen molar-refractivity contribution in [1.82, 2.24) is 5.43 Å². The molecule has 0 fully saturated rings. The van der Waals surface area contributed by atoms with Gasteiger partial charge in [0.15, 0.2) is 6.10 Å². The number of nitrogens with two attached hydrogens (primary N) is 1. The van der Waals surface area contributed by atoms with E-state index in [1.807, 2.05) is 0 Å². The molecular formula is C26H25FN4O4S. The molecule has 0 saturated heterocycles. The number of nitrogens with zero attached hydrogens (tertiary/aromatic N) is 1. The number of ether oxygens (including phenoxy) is 1. The molecule has 1 aliphatic carbocycles. The normalized spacial score (nSPS) is 13.6. The second kappa shape index (κ2) is 11.1. The van der Waals surface area contributed by atoms with Crippen LogP contribution >= 0.6 is 11.3 Å². The summed E-state index contributed by atoms with van der Waals surface area (Å²) in [5.74, 6) is -1.52. The number of hydrogen-bond acceptors (Lipinski definition) is 6. The van der Waals surface area contributed by atoms with Crippen molar-refractivity contribution < 1.29 is 23.5 Å². The van der Waals surface area contributed by atoms with Gasteiger partial charge in [-0.3, -0.25) is 14.4 Å². The molecule has 1 aliphatic rings. The summed E-state index contributed by atoms with van der Waals surface area (Å²) in [6, 6.07) is 12.3. The Morgan fingerprint density at radius 1 is 1.11 bits per heavy atom. The van der Waals surface area contributed by atoms with Crippen LogP contribution in [0.25, 0.3) is 0 Å². The number of fused-ring (bicyclic) bond motifs is 1. The number of nitrogens with one attached hydrogen (secondary N) is 2. The minimum atomic E-state index is -0.891. The summed E-state index contributed by atoms with van der Waals surface area (Å²) >= 11 is 1.40. The average Bonchev–Trinajstić information content (AvgIpc) is 3.23. The molecule has 36 heavy (non-hydrogen) atoms. The number of primary amides is 1. The summed E-state index contributed by atoms with van der Waals surface area (Å²) in [6.07, 6.45) is 4.02. The SMILES string of the molecule is C[C@H](Oc1ccc(C(=O)Nc2sc3c(c2C(N)=O)CCCC3)cc1)C(=O)N/N=C\c1ccccc1F. The summed E-state index contributed by atoms with van der Waals surface area (Å²) < 4.78 is 19.2. The zero-order chi connectivity index (χ0) is 25.7. The average molecular weight is 509 g/mol. The van der Waals surface area contributed by atoms with E-state index < -0.39 is 23.7 Å². The van der Waals surface area contributed by atoms with Gasteiger partial charge in [-0.25, -0.2) is 9.82 Å². The molecule has 0 unspecified atom stereocenters. The van der Waals surface area contributed by atoms with Crippen molar-refractivity contribution in [3.05, 3.63) is 81.5 Å². The molecule has 3 amide bonds. The predicted molar refractivity (Wildman–Crippen MR) is 136 cm³/mol. The lowest BCUT2D eigenvalue weighted by molar-refractivity contribution is -0.127. The second-order valence-corrected chi connectivity index (χ2v) is 9.38. The van der Waals surface area contributed by atoms with Gasteiger partial charge in [0.05, 0.1) is 11.8 Å². The first-order valence-corrected chi connectivity index (χ1v) is 12.2. The van der Waals surface area contributed by atoms with E-state index >= 15 is 0 Å². The molecule has 4 N–H and O–H groups in total. The highest BCUT2D eigenvalue weighted by atomic mass is 32.1. The third-order valence-electron chi connectivity index (χ3n) is 5.73. The molecule has 10 heteroatoms. The highest BCUT2D eigenvalue weighted by Gasteiger charge is 2.25. The first-order chi connectivity index (χ1) is 17.3. The molecule has 0 radical (unpaired) electrons. The number of benzene rings is 2. The molecule has 8 nitrogen and oxygen atoms in total. The zero-order valence-electron chi connectivity index (χ0n) is 19.5. The molecule has 0 bridgehead atoms. The Labute approximate surface area is 211 Å². The van der Waals surface area contributed by atoms with Gasteiger partial charge in [0.2, 0.25) is 0 Å². The molecule has 1 aromatic heterocycles. The van der Waals surface area contributed by atoms with Crippen molar-refractivity contribution >= 4 is 40.3 Å². The molecule has 0 aliphatic heterocycles. The molecule has 4 rings (SSSR count). The van der Waals surface area contributed by atoms with Gasteiger partial charge in [0.1, 0.15) is 16.6 Å². The highest BCUT2D eigenvalue weighted by molar-refractivity contribution is 7.17. The molecule has 1 atom stereocenters. The van der Waals surface area contributed by atoms with Gasteiger partial charge in [-0.05, 0) is 68.5 Å². The van der Waals surface area contributed by atoms with Crippen LogP contribution in [0.4, 0.5) is 9.39 Å². The summed E-state index contributed by atoms with van der Waals surface area (Å²) in [5.41, 5.74) is 9.85. The number of thiophene rings is 1. The van der Waals surface area contributed by atoms with Gasteiger partial charge in [0.25, 0.3) is 17.7 Å². The Morgan fingerprint density at radius 3 is 2.56 bits per heavy atom. The largest absolute Gasteiger partial charge is 0.481 e. The van der Waals surface area contributed by atoms with E-state index in [0.717, 1.165) is 36.1 Å². The molecule has 0 spiro atoms. The molecule has 1 heterocycles. The molecular weight excluding hydrogens is 483 g/mol. The number of aryl methyl sites for hydroxylation is 1. The number of amides is 3. The summed E-state index contributed by atoms with van der Waals surface area (Å²) in [4.78, 5) is 38.2. The van der Waals surface area contributed by atoms with Gasteiger partial charge < -0.3 is 15.8 Å². The highest BCUT2D eigenvalue weighted by Crippen LogP contribution is 2.38. The second-order valence-electron chi connectivity index (χ2n) is 8.27. The first-order valence-electron chi connectivity index (χ1n) is 11.4. The number of carbonyl (C=O) groups is 3. The molecule has 0 saturated carbocycles. The lowest BCUT2D eigenvalue weighted by Gasteiger charge is -2.13. The predicted octanol–water partition coefficient (Wildman–Crippen LogP) is 4.03. The number of rotatable bonds is 8. The van der Waals surface area contributed by atoms with Gasteiger partial charge >= 0.3 is 0 Å². The number of carbonyl (C=O) groups excluding carboxylic acids is 3. The van der Waals surface area contributed by atoms with Crippen LogP contribution in [-0.4, -0.2) is 30.0 Å². The van der Waals surface area contributed by atoms with E-state index in [2.05, 4.69) is 15.8 Å². The van der Waals surface area contributed by atoms with Crippen molar-refractivity contribution in [2.45, 2.75) is 38.7 Å². The quantitative estimate of drug-likeness (QED) is 0.314.